The number of halogens is 2. The van der Waals surface area contributed by atoms with E-state index >= 15 is 0 Å². The number of guanidine groups is 1. The molecule has 0 aliphatic heterocycles. The third-order valence-corrected chi connectivity index (χ3v) is 2.87. The maximum Gasteiger partial charge on any atom is 0.188 e. The van der Waals surface area contributed by atoms with Gasteiger partial charge >= 0.3 is 0 Å². The monoisotopic (exact) mass is 409 g/mol. The van der Waals surface area contributed by atoms with Crippen LogP contribution in [-0.2, 0) is 17.9 Å². The molecular formula is C15H25FIN3O. The zero-order valence-corrected chi connectivity index (χ0v) is 15.2. The number of hydrogen-bond acceptors (Lipinski definition) is 2. The summed E-state index contributed by atoms with van der Waals surface area (Å²) in [5.41, 5.74) is 7.22. The summed E-state index contributed by atoms with van der Waals surface area (Å²) >= 11 is 0. The molecule has 1 rings (SSSR count). The molecule has 6 heteroatoms. The zero-order chi connectivity index (χ0) is 15.0. The topological polar surface area (TPSA) is 59.6 Å². The van der Waals surface area contributed by atoms with Crippen molar-refractivity contribution >= 4 is 29.9 Å². The van der Waals surface area contributed by atoms with Crippen molar-refractivity contribution in [3.63, 3.8) is 0 Å². The van der Waals surface area contributed by atoms with E-state index in [1.54, 1.807) is 19.2 Å². The number of nitrogens with zero attached hydrogens (tertiary/aromatic N) is 1. The second-order valence-corrected chi connectivity index (χ2v) is 5.17. The van der Waals surface area contributed by atoms with E-state index in [0.717, 1.165) is 18.5 Å². The Morgan fingerprint density at radius 1 is 1.43 bits per heavy atom. The highest BCUT2D eigenvalue weighted by atomic mass is 127. The number of benzene rings is 1. The number of nitrogens with two attached hydrogens (primary N) is 1. The van der Waals surface area contributed by atoms with E-state index < -0.39 is 0 Å². The third kappa shape index (κ3) is 8.21. The first-order valence-electron chi connectivity index (χ1n) is 6.83. The van der Waals surface area contributed by atoms with Crippen LogP contribution in [0.15, 0.2) is 23.2 Å². The van der Waals surface area contributed by atoms with Gasteiger partial charge in [-0.05, 0) is 30.0 Å². The Bertz CT molecular complexity index is 453. The Kier molecular flexibility index (Phi) is 10.3. The van der Waals surface area contributed by atoms with Gasteiger partial charge in [0.25, 0.3) is 0 Å². The Morgan fingerprint density at radius 2 is 2.14 bits per heavy atom. The lowest BCUT2D eigenvalue weighted by atomic mass is 10.1. The number of nitrogens with one attached hydrogen (secondary N) is 1. The zero-order valence-electron chi connectivity index (χ0n) is 12.9. The Balaban J connectivity index is 0.00000400. The molecule has 3 N–H and O–H groups in total. The first-order chi connectivity index (χ1) is 9.52. The number of methoxy groups -OCH3 is 1. The number of ether oxygens (including phenoxy) is 1. The average molecular weight is 409 g/mol. The van der Waals surface area contributed by atoms with Crippen molar-refractivity contribution in [2.75, 3.05) is 13.7 Å². The van der Waals surface area contributed by atoms with Crippen LogP contribution in [0.1, 0.15) is 31.4 Å². The lowest BCUT2D eigenvalue weighted by Gasteiger charge is -2.08. The molecule has 0 heterocycles. The van der Waals surface area contributed by atoms with Crippen molar-refractivity contribution in [1.29, 1.82) is 0 Å². The standard InChI is InChI=1S/C15H24FN3O.HI/c1-11(2)6-7-18-15(17)19-9-12-4-5-14(16)13(8-12)10-20-3;/h4-5,8,11H,6-7,9-10H2,1-3H3,(H3,17,18,19);1H. The Hall–Kier alpha value is -0.890. The van der Waals surface area contributed by atoms with E-state index in [2.05, 4.69) is 24.2 Å². The van der Waals surface area contributed by atoms with Crippen LogP contribution >= 0.6 is 24.0 Å². The van der Waals surface area contributed by atoms with Crippen LogP contribution < -0.4 is 11.1 Å². The molecule has 0 aromatic heterocycles. The van der Waals surface area contributed by atoms with Crippen molar-refractivity contribution in [1.82, 2.24) is 5.32 Å². The highest BCUT2D eigenvalue weighted by Gasteiger charge is 2.03. The molecule has 4 nitrogen and oxygen atoms in total. The van der Waals surface area contributed by atoms with Crippen LogP contribution in [-0.4, -0.2) is 19.6 Å². The smallest absolute Gasteiger partial charge is 0.188 e. The highest BCUT2D eigenvalue weighted by molar-refractivity contribution is 14.0. The minimum atomic E-state index is -0.261. The minimum Gasteiger partial charge on any atom is -0.380 e. The Morgan fingerprint density at radius 3 is 2.76 bits per heavy atom. The molecule has 120 valence electrons. The van der Waals surface area contributed by atoms with Crippen molar-refractivity contribution in [3.8, 4) is 0 Å². The van der Waals surface area contributed by atoms with Crippen LogP contribution in [0.2, 0.25) is 0 Å². The van der Waals surface area contributed by atoms with Gasteiger partial charge in [-0.2, -0.15) is 0 Å². The van der Waals surface area contributed by atoms with Crippen molar-refractivity contribution in [2.45, 2.75) is 33.4 Å². The summed E-state index contributed by atoms with van der Waals surface area (Å²) < 4.78 is 18.4. The summed E-state index contributed by atoms with van der Waals surface area (Å²) in [6, 6.07) is 4.89. The molecule has 0 bridgehead atoms. The maximum absolute atomic E-state index is 13.4. The summed E-state index contributed by atoms with van der Waals surface area (Å²) in [5.74, 6) is 0.787. The van der Waals surface area contributed by atoms with E-state index in [4.69, 9.17) is 10.5 Å². The fourth-order valence-corrected chi connectivity index (χ4v) is 1.71. The predicted molar refractivity (Wildman–Crippen MR) is 95.3 cm³/mol. The average Bonchev–Trinajstić information content (AvgIpc) is 2.39. The molecule has 0 aliphatic carbocycles. The molecule has 0 saturated carbocycles. The SMILES string of the molecule is COCc1cc(CN=C(N)NCCC(C)C)ccc1F.I. The lowest BCUT2D eigenvalue weighted by Crippen LogP contribution is -2.32. The molecule has 0 fully saturated rings. The van der Waals surface area contributed by atoms with Crippen molar-refractivity contribution in [3.05, 3.63) is 35.1 Å². The number of hydrogen-bond donors (Lipinski definition) is 2. The molecule has 0 amide bonds. The van der Waals surface area contributed by atoms with Gasteiger partial charge in [0.15, 0.2) is 5.96 Å². The molecule has 1 aromatic rings. The highest BCUT2D eigenvalue weighted by Crippen LogP contribution is 2.12. The Labute approximate surface area is 143 Å². The summed E-state index contributed by atoms with van der Waals surface area (Å²) in [7, 11) is 1.54. The van der Waals surface area contributed by atoms with Gasteiger partial charge in [0.1, 0.15) is 5.82 Å². The van der Waals surface area contributed by atoms with Gasteiger partial charge in [0.05, 0.1) is 13.2 Å². The third-order valence-electron chi connectivity index (χ3n) is 2.87. The van der Waals surface area contributed by atoms with E-state index in [1.807, 2.05) is 0 Å². The quantitative estimate of drug-likeness (QED) is 0.414. The summed E-state index contributed by atoms with van der Waals surface area (Å²) in [5, 5.41) is 3.06. The number of aliphatic imine (C=N–C) groups is 1. The first kappa shape index (κ1) is 20.1. The molecule has 0 aliphatic rings. The molecule has 1 aromatic carbocycles. The maximum atomic E-state index is 13.4. The van der Waals surface area contributed by atoms with Gasteiger partial charge in [-0.1, -0.05) is 19.9 Å². The van der Waals surface area contributed by atoms with Crippen molar-refractivity contribution in [2.24, 2.45) is 16.6 Å². The van der Waals surface area contributed by atoms with Gasteiger partial charge in [0.2, 0.25) is 0 Å². The van der Waals surface area contributed by atoms with E-state index in [-0.39, 0.29) is 36.4 Å². The van der Waals surface area contributed by atoms with Crippen LogP contribution in [0.25, 0.3) is 0 Å². The van der Waals surface area contributed by atoms with Gasteiger partial charge in [0, 0.05) is 19.2 Å². The second kappa shape index (κ2) is 10.8. The summed E-state index contributed by atoms with van der Waals surface area (Å²) in [6.07, 6.45) is 1.05. The normalized spacial score (nSPS) is 11.4. The van der Waals surface area contributed by atoms with Gasteiger partial charge in [-0.15, -0.1) is 24.0 Å². The van der Waals surface area contributed by atoms with Gasteiger partial charge < -0.3 is 15.8 Å². The number of rotatable bonds is 7. The molecule has 0 spiro atoms. The van der Waals surface area contributed by atoms with Crippen LogP contribution in [0.5, 0.6) is 0 Å². The molecule has 0 radical (unpaired) electrons. The van der Waals surface area contributed by atoms with Crippen LogP contribution in [0.3, 0.4) is 0 Å². The molecule has 0 saturated heterocycles. The summed E-state index contributed by atoms with van der Waals surface area (Å²) in [4.78, 5) is 4.24. The summed E-state index contributed by atoms with van der Waals surface area (Å²) in [6.45, 7) is 5.81. The molecule has 0 unspecified atom stereocenters. The lowest BCUT2D eigenvalue weighted by molar-refractivity contribution is 0.181. The van der Waals surface area contributed by atoms with Crippen molar-refractivity contribution < 1.29 is 9.13 Å². The van der Waals surface area contributed by atoms with Crippen LogP contribution in [0, 0.1) is 11.7 Å². The van der Waals surface area contributed by atoms with E-state index in [9.17, 15) is 4.39 Å². The largest absolute Gasteiger partial charge is 0.380 e. The van der Waals surface area contributed by atoms with Gasteiger partial charge in [-0.25, -0.2) is 9.38 Å². The van der Waals surface area contributed by atoms with E-state index in [1.165, 1.54) is 6.07 Å². The molecule has 0 atom stereocenters. The first-order valence-corrected chi connectivity index (χ1v) is 6.83. The second-order valence-electron chi connectivity index (χ2n) is 5.17. The van der Waals surface area contributed by atoms with Gasteiger partial charge in [-0.3, -0.25) is 0 Å². The van der Waals surface area contributed by atoms with Crippen LogP contribution in [0.4, 0.5) is 4.39 Å². The molecular weight excluding hydrogens is 384 g/mol. The molecule has 21 heavy (non-hydrogen) atoms. The predicted octanol–water partition coefficient (Wildman–Crippen LogP) is 3.04. The van der Waals surface area contributed by atoms with E-state index in [0.29, 0.717) is 24.0 Å². The fourth-order valence-electron chi connectivity index (χ4n) is 1.71. The fraction of sp³-hybridized carbons (Fsp3) is 0.533. The minimum absolute atomic E-state index is 0.